The van der Waals surface area contributed by atoms with Gasteiger partial charge in [0, 0.05) is 23.3 Å². The van der Waals surface area contributed by atoms with Gasteiger partial charge in [0.15, 0.2) is 5.78 Å². The van der Waals surface area contributed by atoms with E-state index in [1.807, 2.05) is 13.8 Å². The number of esters is 1. The van der Waals surface area contributed by atoms with Gasteiger partial charge in [0.1, 0.15) is 23.4 Å². The number of carbonyl (C=O) groups is 2. The summed E-state index contributed by atoms with van der Waals surface area (Å²) < 4.78 is 25.2. The van der Waals surface area contributed by atoms with Gasteiger partial charge < -0.3 is 24.8 Å². The minimum absolute atomic E-state index is 0.0117. The average Bonchev–Trinajstić information content (AvgIpc) is 2.97. The van der Waals surface area contributed by atoms with Crippen molar-refractivity contribution in [3.63, 3.8) is 0 Å². The molecule has 3 N–H and O–H groups in total. The SMILES string of the molecule is C=C1C(=O)[C@]23[C@H](OC(=O)/C=C/c4ccc(F)cc4)[C@H]1CC[C@H]2[C@@]12CO[C@]3(O)[C@@H](O)[C@@H]1C(C)(C)CC[C@@H]2O. The van der Waals surface area contributed by atoms with Crippen LogP contribution in [0.25, 0.3) is 6.08 Å². The lowest BCUT2D eigenvalue weighted by atomic mass is 9.35. The largest absolute Gasteiger partial charge is 0.457 e. The molecule has 0 amide bonds. The van der Waals surface area contributed by atoms with Crippen LogP contribution in [-0.4, -0.2) is 57.8 Å². The van der Waals surface area contributed by atoms with Crippen molar-refractivity contribution in [3.8, 4) is 0 Å². The maximum absolute atomic E-state index is 14.0. The second-order valence-electron chi connectivity index (χ2n) is 12.3. The smallest absolute Gasteiger partial charge is 0.331 e. The van der Waals surface area contributed by atoms with Crippen molar-refractivity contribution >= 4 is 17.8 Å². The molecule has 6 aliphatic rings. The van der Waals surface area contributed by atoms with Crippen LogP contribution in [0.15, 0.2) is 42.5 Å². The Hall–Kier alpha value is -2.39. The Balaban J connectivity index is 1.44. The van der Waals surface area contributed by atoms with Crippen LogP contribution in [0.1, 0.15) is 45.1 Å². The fourth-order valence-corrected chi connectivity index (χ4v) is 8.94. The number of carbonyl (C=O) groups excluding carboxylic acids is 2. The van der Waals surface area contributed by atoms with E-state index in [1.165, 1.54) is 36.4 Å². The Morgan fingerprint density at radius 1 is 1.19 bits per heavy atom. The first-order valence-electron chi connectivity index (χ1n) is 13.0. The van der Waals surface area contributed by atoms with Gasteiger partial charge in [-0.15, -0.1) is 0 Å². The molecule has 0 radical (unpaired) electrons. The van der Waals surface area contributed by atoms with E-state index in [4.69, 9.17) is 9.47 Å². The van der Waals surface area contributed by atoms with Crippen molar-refractivity contribution < 1.29 is 38.8 Å². The number of aliphatic hydroxyl groups is 3. The van der Waals surface area contributed by atoms with Crippen molar-refractivity contribution in [2.24, 2.45) is 34.0 Å². The highest BCUT2D eigenvalue weighted by Gasteiger charge is 2.87. The second kappa shape index (κ2) is 7.82. The van der Waals surface area contributed by atoms with Crippen molar-refractivity contribution in [1.29, 1.82) is 0 Å². The Bertz CT molecular complexity index is 1210. The molecule has 2 heterocycles. The average molecular weight is 513 g/mol. The summed E-state index contributed by atoms with van der Waals surface area (Å²) in [5, 5.41) is 35.4. The fraction of sp³-hybridized carbons (Fsp3) is 0.586. The van der Waals surface area contributed by atoms with Crippen molar-refractivity contribution in [1.82, 2.24) is 0 Å². The predicted octanol–water partition coefficient (Wildman–Crippen LogP) is 2.78. The molecule has 2 saturated heterocycles. The number of benzene rings is 1. The summed E-state index contributed by atoms with van der Waals surface area (Å²) in [6.45, 7) is 8.05. The summed E-state index contributed by atoms with van der Waals surface area (Å²) in [7, 11) is 0. The number of hydrogen-bond donors (Lipinski definition) is 3. The third-order valence-corrected chi connectivity index (χ3v) is 10.4. The van der Waals surface area contributed by atoms with Gasteiger partial charge >= 0.3 is 5.97 Å². The van der Waals surface area contributed by atoms with Gasteiger partial charge in [0.25, 0.3) is 0 Å². The van der Waals surface area contributed by atoms with Crippen LogP contribution in [-0.2, 0) is 19.1 Å². The number of aliphatic hydroxyl groups excluding tert-OH is 2. The monoisotopic (exact) mass is 512 g/mol. The highest BCUT2D eigenvalue weighted by atomic mass is 19.1. The number of ether oxygens (including phenoxy) is 2. The lowest BCUT2D eigenvalue weighted by Gasteiger charge is -2.74. The second-order valence-corrected chi connectivity index (χ2v) is 12.3. The third-order valence-electron chi connectivity index (χ3n) is 10.4. The molecular formula is C29H33FO7. The topological polar surface area (TPSA) is 113 Å². The molecule has 2 aliphatic heterocycles. The predicted molar refractivity (Wildman–Crippen MR) is 130 cm³/mol. The van der Waals surface area contributed by atoms with E-state index in [2.05, 4.69) is 6.58 Å². The number of fused-ring (bicyclic) bond motifs is 2. The molecule has 198 valence electrons. The van der Waals surface area contributed by atoms with Crippen molar-refractivity contribution in [2.45, 2.75) is 63.6 Å². The van der Waals surface area contributed by atoms with Crippen LogP contribution < -0.4 is 0 Å². The zero-order valence-electron chi connectivity index (χ0n) is 21.0. The molecule has 1 aromatic rings. The molecule has 37 heavy (non-hydrogen) atoms. The summed E-state index contributed by atoms with van der Waals surface area (Å²) >= 11 is 0. The first-order valence-corrected chi connectivity index (χ1v) is 13.0. The van der Waals surface area contributed by atoms with Gasteiger partial charge in [-0.1, -0.05) is 32.6 Å². The van der Waals surface area contributed by atoms with Crippen LogP contribution in [0.2, 0.25) is 0 Å². The van der Waals surface area contributed by atoms with Gasteiger partial charge in [-0.2, -0.15) is 0 Å². The van der Waals surface area contributed by atoms with Gasteiger partial charge in [-0.3, -0.25) is 4.79 Å². The normalized spacial score (nSPS) is 45.6. The molecule has 4 bridgehead atoms. The molecular weight excluding hydrogens is 479 g/mol. The van der Waals surface area contributed by atoms with Gasteiger partial charge in [-0.05, 0) is 66.4 Å². The van der Waals surface area contributed by atoms with Gasteiger partial charge in [0.2, 0.25) is 5.79 Å². The zero-order chi connectivity index (χ0) is 26.5. The molecule has 0 unspecified atom stereocenters. The summed E-state index contributed by atoms with van der Waals surface area (Å²) in [5.74, 6) is -5.50. The zero-order valence-corrected chi connectivity index (χ0v) is 21.0. The number of Topliss-reactive ketones (excluding diaryl/α,β-unsaturated/α-hetero) is 1. The molecule has 8 heteroatoms. The van der Waals surface area contributed by atoms with Gasteiger partial charge in [0.05, 0.1) is 12.7 Å². The number of hydrogen-bond acceptors (Lipinski definition) is 7. The summed E-state index contributed by atoms with van der Waals surface area (Å²) in [6, 6.07) is 5.58. The Kier molecular flexibility index (Phi) is 5.27. The van der Waals surface area contributed by atoms with Crippen LogP contribution in [0.3, 0.4) is 0 Å². The van der Waals surface area contributed by atoms with E-state index in [1.54, 1.807) is 0 Å². The van der Waals surface area contributed by atoms with Crippen molar-refractivity contribution in [2.75, 3.05) is 6.61 Å². The first kappa shape index (κ1) is 24.9. The van der Waals surface area contributed by atoms with E-state index in [9.17, 15) is 29.3 Å². The molecule has 4 aliphatic carbocycles. The highest BCUT2D eigenvalue weighted by Crippen LogP contribution is 2.76. The molecule has 7 rings (SSSR count). The van der Waals surface area contributed by atoms with Crippen LogP contribution in [0, 0.1) is 39.8 Å². The lowest BCUT2D eigenvalue weighted by Crippen LogP contribution is -2.85. The quantitative estimate of drug-likeness (QED) is 0.422. The molecule has 4 saturated carbocycles. The molecule has 7 nitrogen and oxygen atoms in total. The van der Waals surface area contributed by atoms with E-state index in [0.29, 0.717) is 31.2 Å². The Morgan fingerprint density at radius 3 is 2.59 bits per heavy atom. The summed E-state index contributed by atoms with van der Waals surface area (Å²) in [4.78, 5) is 27.1. The fourth-order valence-electron chi connectivity index (χ4n) is 8.94. The van der Waals surface area contributed by atoms with E-state index in [-0.39, 0.29) is 12.2 Å². The highest BCUT2D eigenvalue weighted by molar-refractivity contribution is 6.05. The maximum Gasteiger partial charge on any atom is 0.331 e. The van der Waals surface area contributed by atoms with Crippen LogP contribution >= 0.6 is 0 Å². The number of rotatable bonds is 3. The Labute approximate surface area is 215 Å². The third kappa shape index (κ3) is 2.90. The molecule has 6 fully saturated rings. The van der Waals surface area contributed by atoms with Crippen LogP contribution in [0.4, 0.5) is 4.39 Å². The summed E-state index contributed by atoms with van der Waals surface area (Å²) in [6.07, 6.45) is 1.41. The van der Waals surface area contributed by atoms with E-state index < -0.39 is 75.7 Å². The van der Waals surface area contributed by atoms with E-state index >= 15 is 0 Å². The molecule has 0 aromatic heterocycles. The summed E-state index contributed by atoms with van der Waals surface area (Å²) in [5.41, 5.74) is -2.33. The molecule has 9 atom stereocenters. The molecule has 2 spiro atoms. The minimum Gasteiger partial charge on any atom is -0.457 e. The standard InChI is InChI=1S/C29H33FO7/c1-15-18-9-10-19-27-14-36-29(35,24(34)22(27)26(2,3)13-12-20(27)31)28(19,23(15)33)25(18)37-21(32)11-6-16-4-7-17(30)8-5-16/h4-8,11,18-20,22,24-25,31,34-35H,1,9-10,12-14H2,2-3H3/b11-6+/t18-,19-,20-,22+,24-,25+,27+,28-,29+/m0/s1. The maximum atomic E-state index is 14.0. The first-order chi connectivity index (χ1) is 17.4. The van der Waals surface area contributed by atoms with Gasteiger partial charge in [-0.25, -0.2) is 9.18 Å². The van der Waals surface area contributed by atoms with Crippen LogP contribution in [0.5, 0.6) is 0 Å². The van der Waals surface area contributed by atoms with E-state index in [0.717, 1.165) is 0 Å². The molecule has 1 aromatic carbocycles. The Morgan fingerprint density at radius 2 is 1.89 bits per heavy atom. The number of ketones is 1. The number of halogens is 1. The minimum atomic E-state index is -2.29. The lowest BCUT2D eigenvalue weighted by molar-refractivity contribution is -0.458. The van der Waals surface area contributed by atoms with Crippen molar-refractivity contribution in [3.05, 3.63) is 53.9 Å².